The molecule has 17 heavy (non-hydrogen) atoms. The summed E-state index contributed by atoms with van der Waals surface area (Å²) in [5.74, 6) is -0.222. The van der Waals surface area contributed by atoms with Crippen LogP contribution < -0.4 is 5.32 Å². The van der Waals surface area contributed by atoms with Crippen molar-refractivity contribution < 1.29 is 9.59 Å². The van der Waals surface area contributed by atoms with Gasteiger partial charge in [-0.2, -0.15) is 0 Å². The first-order valence-electron chi connectivity index (χ1n) is 5.79. The number of nitrogens with one attached hydrogen (secondary N) is 1. The molecule has 4 heteroatoms. The average molecular weight is 232 g/mol. The van der Waals surface area contributed by atoms with E-state index in [2.05, 4.69) is 5.32 Å². The molecule has 0 spiro atoms. The Hall–Kier alpha value is -1.84. The molecule has 90 valence electrons. The summed E-state index contributed by atoms with van der Waals surface area (Å²) in [4.78, 5) is 24.7. The Bertz CT molecular complexity index is 439. The minimum absolute atomic E-state index is 0.0953. The van der Waals surface area contributed by atoms with Crippen molar-refractivity contribution in [2.75, 3.05) is 11.9 Å². The Balaban J connectivity index is 2.08. The normalized spacial score (nSPS) is 19.9. The lowest BCUT2D eigenvalue weighted by molar-refractivity contribution is -0.138. The van der Waals surface area contributed by atoms with Crippen molar-refractivity contribution in [2.45, 2.75) is 26.3 Å². The summed E-state index contributed by atoms with van der Waals surface area (Å²) in [6.45, 7) is 4.26. The van der Waals surface area contributed by atoms with Gasteiger partial charge in [-0.25, -0.2) is 0 Å². The second-order valence-corrected chi connectivity index (χ2v) is 4.24. The molecule has 0 aromatic heterocycles. The van der Waals surface area contributed by atoms with Crippen LogP contribution >= 0.6 is 0 Å². The fourth-order valence-corrected chi connectivity index (χ4v) is 1.98. The van der Waals surface area contributed by atoms with Crippen LogP contribution in [0.25, 0.3) is 0 Å². The van der Waals surface area contributed by atoms with Gasteiger partial charge in [-0.3, -0.25) is 14.5 Å². The zero-order valence-electron chi connectivity index (χ0n) is 10.1. The number of likely N-dealkylation sites (N-methyl/N-ethyl adjacent to an activating group) is 1. The third-order valence-corrected chi connectivity index (χ3v) is 2.95. The lowest BCUT2D eigenvalue weighted by atomic mass is 10.2. The predicted molar refractivity (Wildman–Crippen MR) is 65.6 cm³/mol. The fourth-order valence-electron chi connectivity index (χ4n) is 1.98. The summed E-state index contributed by atoms with van der Waals surface area (Å²) in [7, 11) is 0. The first kappa shape index (κ1) is 11.6. The number of hydrogen-bond acceptors (Lipinski definition) is 3. The highest BCUT2D eigenvalue weighted by atomic mass is 16.2. The minimum Gasteiger partial charge on any atom is -0.373 e. The zero-order chi connectivity index (χ0) is 12.4. The van der Waals surface area contributed by atoms with Crippen LogP contribution in [0.15, 0.2) is 24.3 Å². The number of nitrogens with zero attached hydrogens (tertiary/aromatic N) is 1. The Morgan fingerprint density at radius 1 is 1.29 bits per heavy atom. The van der Waals surface area contributed by atoms with Crippen molar-refractivity contribution in [2.24, 2.45) is 0 Å². The number of carbonyl (C=O) groups is 2. The summed E-state index contributed by atoms with van der Waals surface area (Å²) >= 11 is 0. The molecule has 1 aliphatic heterocycles. The Labute approximate surface area is 101 Å². The molecule has 0 unspecified atom stereocenters. The monoisotopic (exact) mass is 232 g/mol. The third-order valence-electron chi connectivity index (χ3n) is 2.95. The van der Waals surface area contributed by atoms with Gasteiger partial charge in [0.15, 0.2) is 0 Å². The number of rotatable bonds is 3. The smallest absolute Gasteiger partial charge is 0.252 e. The van der Waals surface area contributed by atoms with E-state index < -0.39 is 6.04 Å². The maximum atomic E-state index is 11.9. The molecule has 0 radical (unpaired) electrons. The zero-order valence-corrected chi connectivity index (χ0v) is 10.1. The van der Waals surface area contributed by atoms with Crippen LogP contribution in [0, 0.1) is 6.92 Å². The van der Waals surface area contributed by atoms with Crippen LogP contribution in [-0.4, -0.2) is 29.3 Å². The average Bonchev–Trinajstić information content (AvgIpc) is 2.57. The van der Waals surface area contributed by atoms with Gasteiger partial charge in [0.05, 0.1) is 6.42 Å². The Kier molecular flexibility index (Phi) is 3.13. The van der Waals surface area contributed by atoms with Crippen LogP contribution in [0.1, 0.15) is 18.9 Å². The van der Waals surface area contributed by atoms with Gasteiger partial charge in [-0.1, -0.05) is 17.7 Å². The van der Waals surface area contributed by atoms with Crippen LogP contribution in [-0.2, 0) is 9.59 Å². The summed E-state index contributed by atoms with van der Waals surface area (Å²) in [5.41, 5.74) is 2.04. The van der Waals surface area contributed by atoms with Gasteiger partial charge in [-0.15, -0.1) is 0 Å². The van der Waals surface area contributed by atoms with Gasteiger partial charge in [-0.05, 0) is 26.0 Å². The summed E-state index contributed by atoms with van der Waals surface area (Å²) in [6.07, 6.45) is 0.251. The van der Waals surface area contributed by atoms with Crippen molar-refractivity contribution in [3.63, 3.8) is 0 Å². The lowest BCUT2D eigenvalue weighted by Crippen LogP contribution is -2.34. The first-order valence-corrected chi connectivity index (χ1v) is 5.79. The van der Waals surface area contributed by atoms with Crippen molar-refractivity contribution in [1.82, 2.24) is 4.90 Å². The molecule has 1 saturated heterocycles. The van der Waals surface area contributed by atoms with E-state index >= 15 is 0 Å². The van der Waals surface area contributed by atoms with Crippen molar-refractivity contribution in [3.05, 3.63) is 29.8 Å². The quantitative estimate of drug-likeness (QED) is 0.804. The number of hydrogen-bond donors (Lipinski definition) is 1. The summed E-state index contributed by atoms with van der Waals surface area (Å²) in [6, 6.07) is 7.37. The highest BCUT2D eigenvalue weighted by Gasteiger charge is 2.37. The largest absolute Gasteiger partial charge is 0.373 e. The molecule has 1 heterocycles. The molecule has 0 bridgehead atoms. The number of imide groups is 1. The number of benzene rings is 1. The Morgan fingerprint density at radius 2 is 1.94 bits per heavy atom. The molecule has 0 aliphatic carbocycles. The number of amides is 2. The van der Waals surface area contributed by atoms with Crippen LogP contribution in [0.5, 0.6) is 0 Å². The maximum absolute atomic E-state index is 11.9. The van der Waals surface area contributed by atoms with E-state index in [4.69, 9.17) is 0 Å². The van der Waals surface area contributed by atoms with Crippen LogP contribution in [0.3, 0.4) is 0 Å². The molecule has 1 atom stereocenters. The molecule has 4 nitrogen and oxygen atoms in total. The lowest BCUT2D eigenvalue weighted by Gasteiger charge is -2.14. The number of anilines is 1. The van der Waals surface area contributed by atoms with Gasteiger partial charge in [0, 0.05) is 12.2 Å². The maximum Gasteiger partial charge on any atom is 0.252 e. The van der Waals surface area contributed by atoms with E-state index in [0.29, 0.717) is 6.54 Å². The molecule has 2 amide bonds. The molecule has 1 N–H and O–H groups in total. The van der Waals surface area contributed by atoms with E-state index in [1.165, 1.54) is 10.5 Å². The standard InChI is InChI=1S/C13H16N2O2/c1-3-15-12(16)8-11(13(15)17)14-10-6-4-9(2)5-7-10/h4-7,11,14H,3,8H2,1-2H3/t11-/m0/s1. The number of aryl methyl sites for hydroxylation is 1. The minimum atomic E-state index is -0.412. The van der Waals surface area contributed by atoms with E-state index in [1.54, 1.807) is 0 Å². The summed E-state index contributed by atoms with van der Waals surface area (Å²) in [5, 5.41) is 3.10. The van der Waals surface area contributed by atoms with Crippen LogP contribution in [0.4, 0.5) is 5.69 Å². The third kappa shape index (κ3) is 2.30. The van der Waals surface area contributed by atoms with Gasteiger partial charge in [0.25, 0.3) is 5.91 Å². The molecule has 2 rings (SSSR count). The number of likely N-dealkylation sites (tertiary alicyclic amines) is 1. The highest BCUT2D eigenvalue weighted by molar-refractivity contribution is 6.06. The SMILES string of the molecule is CCN1C(=O)C[C@H](Nc2ccc(C)cc2)C1=O. The molecule has 0 saturated carbocycles. The van der Waals surface area contributed by atoms with Gasteiger partial charge >= 0.3 is 0 Å². The van der Waals surface area contributed by atoms with Crippen LogP contribution in [0.2, 0.25) is 0 Å². The van der Waals surface area contributed by atoms with E-state index in [0.717, 1.165) is 5.69 Å². The topological polar surface area (TPSA) is 49.4 Å². The highest BCUT2D eigenvalue weighted by Crippen LogP contribution is 2.18. The molecular formula is C13H16N2O2. The second-order valence-electron chi connectivity index (χ2n) is 4.24. The van der Waals surface area contributed by atoms with Crippen molar-refractivity contribution >= 4 is 17.5 Å². The van der Waals surface area contributed by atoms with E-state index in [-0.39, 0.29) is 18.2 Å². The van der Waals surface area contributed by atoms with Crippen molar-refractivity contribution in [1.29, 1.82) is 0 Å². The molecule has 1 fully saturated rings. The molecule has 1 aliphatic rings. The Morgan fingerprint density at radius 3 is 2.47 bits per heavy atom. The summed E-state index contributed by atoms with van der Waals surface area (Å²) < 4.78 is 0. The van der Waals surface area contributed by atoms with E-state index in [9.17, 15) is 9.59 Å². The number of carbonyl (C=O) groups excluding carboxylic acids is 2. The van der Waals surface area contributed by atoms with E-state index in [1.807, 2.05) is 38.1 Å². The predicted octanol–water partition coefficient (Wildman–Crippen LogP) is 1.55. The first-order chi connectivity index (χ1) is 8.11. The van der Waals surface area contributed by atoms with Gasteiger partial charge in [0.1, 0.15) is 6.04 Å². The van der Waals surface area contributed by atoms with Crippen molar-refractivity contribution in [3.8, 4) is 0 Å². The molecule has 1 aromatic rings. The molecular weight excluding hydrogens is 216 g/mol. The molecule has 1 aromatic carbocycles. The second kappa shape index (κ2) is 4.57. The fraction of sp³-hybridized carbons (Fsp3) is 0.385. The van der Waals surface area contributed by atoms with Gasteiger partial charge in [0.2, 0.25) is 5.91 Å². The van der Waals surface area contributed by atoms with Gasteiger partial charge < -0.3 is 5.32 Å².